The summed E-state index contributed by atoms with van der Waals surface area (Å²) in [5, 5.41) is 11.9. The first-order valence-corrected chi connectivity index (χ1v) is 8.20. The molecule has 1 fully saturated rings. The van der Waals surface area contributed by atoms with Crippen molar-refractivity contribution in [3.05, 3.63) is 47.7 Å². The Morgan fingerprint density at radius 3 is 2.60 bits per heavy atom. The maximum Gasteiger partial charge on any atom is 0.307 e. The Kier molecular flexibility index (Phi) is 4.70. The van der Waals surface area contributed by atoms with E-state index >= 15 is 0 Å². The van der Waals surface area contributed by atoms with Gasteiger partial charge in [-0.3, -0.25) is 9.59 Å². The van der Waals surface area contributed by atoms with Gasteiger partial charge in [-0.25, -0.2) is 4.98 Å². The molecule has 1 aromatic heterocycles. The molecular weight excluding hydrogens is 320 g/mol. The van der Waals surface area contributed by atoms with Gasteiger partial charge in [-0.15, -0.1) is 0 Å². The molecule has 1 heterocycles. The quantitative estimate of drug-likeness (QED) is 0.869. The van der Waals surface area contributed by atoms with E-state index in [1.165, 1.54) is 0 Å². The molecule has 2 aromatic rings. The summed E-state index contributed by atoms with van der Waals surface area (Å²) in [6.45, 7) is 3.95. The maximum absolute atomic E-state index is 12.4. The van der Waals surface area contributed by atoms with Crippen LogP contribution in [0.3, 0.4) is 0 Å². The highest BCUT2D eigenvalue weighted by Crippen LogP contribution is 2.36. The fourth-order valence-corrected chi connectivity index (χ4v) is 2.84. The second-order valence-electron chi connectivity index (χ2n) is 6.27. The van der Waals surface area contributed by atoms with Gasteiger partial charge in [0, 0.05) is 6.20 Å². The molecule has 0 radical (unpaired) electrons. The van der Waals surface area contributed by atoms with E-state index in [0.29, 0.717) is 24.3 Å². The largest absolute Gasteiger partial charge is 0.481 e. The highest BCUT2D eigenvalue weighted by Gasteiger charge is 2.41. The lowest BCUT2D eigenvalue weighted by molar-refractivity contribution is -0.151. The van der Waals surface area contributed by atoms with Gasteiger partial charge in [0.05, 0.1) is 11.8 Å². The third-order valence-corrected chi connectivity index (χ3v) is 4.72. The monoisotopic (exact) mass is 340 g/mol. The first-order valence-electron chi connectivity index (χ1n) is 8.20. The van der Waals surface area contributed by atoms with Crippen molar-refractivity contribution in [3.63, 3.8) is 0 Å². The second-order valence-corrected chi connectivity index (χ2v) is 6.27. The first kappa shape index (κ1) is 17.0. The minimum atomic E-state index is -0.926. The number of anilines is 1. The molecule has 2 unspecified atom stereocenters. The van der Waals surface area contributed by atoms with Gasteiger partial charge in [0.2, 0.25) is 11.8 Å². The summed E-state index contributed by atoms with van der Waals surface area (Å²) in [5.41, 5.74) is 2.53. The van der Waals surface area contributed by atoms with Gasteiger partial charge >= 0.3 is 5.97 Å². The van der Waals surface area contributed by atoms with Gasteiger partial charge in [0.15, 0.2) is 0 Å². The molecule has 1 aliphatic rings. The summed E-state index contributed by atoms with van der Waals surface area (Å²) in [7, 11) is 0. The summed E-state index contributed by atoms with van der Waals surface area (Å²) >= 11 is 0. The van der Waals surface area contributed by atoms with E-state index in [1.807, 2.05) is 32.0 Å². The number of benzene rings is 1. The van der Waals surface area contributed by atoms with Gasteiger partial charge in [-0.05, 0) is 56.0 Å². The number of carbonyl (C=O) groups excluding carboxylic acids is 1. The predicted molar refractivity (Wildman–Crippen MR) is 92.7 cm³/mol. The van der Waals surface area contributed by atoms with Crippen molar-refractivity contribution in [2.24, 2.45) is 11.8 Å². The molecular formula is C19H20N2O4. The molecule has 0 spiro atoms. The molecule has 25 heavy (non-hydrogen) atoms. The molecule has 6 nitrogen and oxygen atoms in total. The summed E-state index contributed by atoms with van der Waals surface area (Å²) in [6.07, 6.45) is 2.70. The number of hydrogen-bond donors (Lipinski definition) is 2. The van der Waals surface area contributed by atoms with Crippen LogP contribution in [0.1, 0.15) is 24.0 Å². The maximum atomic E-state index is 12.4. The third kappa shape index (κ3) is 3.47. The van der Waals surface area contributed by atoms with E-state index in [0.717, 1.165) is 11.1 Å². The number of nitrogens with one attached hydrogen (secondary N) is 1. The van der Waals surface area contributed by atoms with Crippen LogP contribution in [0.2, 0.25) is 0 Å². The number of carboxylic acids is 1. The third-order valence-electron chi connectivity index (χ3n) is 4.72. The molecule has 1 amide bonds. The zero-order valence-electron chi connectivity index (χ0n) is 14.2. The molecule has 0 bridgehead atoms. The number of aromatic nitrogens is 1. The van der Waals surface area contributed by atoms with Gasteiger partial charge in [0.1, 0.15) is 11.4 Å². The first-order chi connectivity index (χ1) is 12.0. The fraction of sp³-hybridized carbons (Fsp3) is 0.316. The van der Waals surface area contributed by atoms with Crippen LogP contribution in [0.5, 0.6) is 11.6 Å². The molecule has 0 saturated heterocycles. The summed E-state index contributed by atoms with van der Waals surface area (Å²) < 4.78 is 5.89. The number of amides is 1. The lowest BCUT2D eigenvalue weighted by Gasteiger charge is -2.32. The summed E-state index contributed by atoms with van der Waals surface area (Å²) in [6, 6.07) is 9.12. The number of carbonyl (C=O) groups is 2. The zero-order chi connectivity index (χ0) is 18.0. The van der Waals surface area contributed by atoms with Crippen LogP contribution < -0.4 is 10.1 Å². The van der Waals surface area contributed by atoms with Gasteiger partial charge in [-0.1, -0.05) is 12.1 Å². The Morgan fingerprint density at radius 2 is 1.92 bits per heavy atom. The molecule has 1 aromatic carbocycles. The SMILES string of the molecule is Cc1cccc(Oc2ncccc2NC(=O)C2CCC2C(=O)O)c1C. The van der Waals surface area contributed by atoms with Crippen LogP contribution in [-0.2, 0) is 9.59 Å². The van der Waals surface area contributed by atoms with E-state index in [2.05, 4.69) is 10.3 Å². The Balaban J connectivity index is 1.78. The zero-order valence-corrected chi connectivity index (χ0v) is 14.2. The Bertz CT molecular complexity index is 819. The highest BCUT2D eigenvalue weighted by atomic mass is 16.5. The van der Waals surface area contributed by atoms with Crippen molar-refractivity contribution in [1.82, 2.24) is 4.98 Å². The molecule has 0 aliphatic heterocycles. The standard InChI is InChI=1S/C19H20N2O4/c1-11-5-3-7-16(12(11)2)25-18-15(6-4-10-20-18)21-17(22)13-8-9-14(13)19(23)24/h3-7,10,13-14H,8-9H2,1-2H3,(H,21,22)(H,23,24). The fourth-order valence-electron chi connectivity index (χ4n) is 2.84. The molecule has 130 valence electrons. The average Bonchev–Trinajstić information content (AvgIpc) is 2.52. The van der Waals surface area contributed by atoms with Gasteiger partial charge in [0.25, 0.3) is 0 Å². The van der Waals surface area contributed by atoms with Crippen LogP contribution in [-0.4, -0.2) is 22.0 Å². The number of aryl methyl sites for hydroxylation is 1. The smallest absolute Gasteiger partial charge is 0.307 e. The van der Waals surface area contributed by atoms with Crippen molar-refractivity contribution in [2.75, 3.05) is 5.32 Å². The molecule has 1 aliphatic carbocycles. The van der Waals surface area contributed by atoms with Gasteiger partial charge < -0.3 is 15.2 Å². The summed E-state index contributed by atoms with van der Waals surface area (Å²) in [5.74, 6) is -1.40. The molecule has 6 heteroatoms. The topological polar surface area (TPSA) is 88.5 Å². The molecule has 2 atom stereocenters. The number of aliphatic carboxylic acids is 1. The predicted octanol–water partition coefficient (Wildman–Crippen LogP) is 3.54. The van der Waals surface area contributed by atoms with Crippen LogP contribution >= 0.6 is 0 Å². The van der Waals surface area contributed by atoms with E-state index < -0.39 is 17.8 Å². The van der Waals surface area contributed by atoms with Crippen molar-refractivity contribution in [2.45, 2.75) is 26.7 Å². The van der Waals surface area contributed by atoms with Crippen molar-refractivity contribution in [1.29, 1.82) is 0 Å². The van der Waals surface area contributed by atoms with Gasteiger partial charge in [-0.2, -0.15) is 0 Å². The Labute approximate surface area is 145 Å². The highest BCUT2D eigenvalue weighted by molar-refractivity contribution is 5.96. The molecule has 1 saturated carbocycles. The van der Waals surface area contributed by atoms with E-state index in [4.69, 9.17) is 9.84 Å². The molecule has 2 N–H and O–H groups in total. The molecule has 3 rings (SSSR count). The normalized spacial score (nSPS) is 19.0. The minimum Gasteiger partial charge on any atom is -0.481 e. The number of pyridine rings is 1. The van der Waals surface area contributed by atoms with E-state index in [-0.39, 0.29) is 11.8 Å². The van der Waals surface area contributed by atoms with Crippen molar-refractivity contribution in [3.8, 4) is 11.6 Å². The van der Waals surface area contributed by atoms with Crippen molar-refractivity contribution >= 4 is 17.6 Å². The number of ether oxygens (including phenoxy) is 1. The average molecular weight is 340 g/mol. The Morgan fingerprint density at radius 1 is 1.16 bits per heavy atom. The van der Waals surface area contributed by atoms with Crippen LogP contribution in [0.4, 0.5) is 5.69 Å². The van der Waals surface area contributed by atoms with E-state index in [9.17, 15) is 9.59 Å². The summed E-state index contributed by atoms with van der Waals surface area (Å²) in [4.78, 5) is 27.7. The lowest BCUT2D eigenvalue weighted by atomic mass is 9.73. The Hall–Kier alpha value is -2.89. The minimum absolute atomic E-state index is 0.288. The second kappa shape index (κ2) is 6.93. The van der Waals surface area contributed by atoms with Crippen LogP contribution in [0.25, 0.3) is 0 Å². The lowest BCUT2D eigenvalue weighted by Crippen LogP contribution is -2.41. The number of hydrogen-bond acceptors (Lipinski definition) is 4. The number of carboxylic acid groups (broad SMARTS) is 1. The number of nitrogens with zero attached hydrogens (tertiary/aromatic N) is 1. The van der Waals surface area contributed by atoms with Crippen LogP contribution in [0, 0.1) is 25.7 Å². The number of rotatable bonds is 5. The van der Waals surface area contributed by atoms with E-state index in [1.54, 1.807) is 18.3 Å². The van der Waals surface area contributed by atoms with Crippen molar-refractivity contribution < 1.29 is 19.4 Å². The van der Waals surface area contributed by atoms with Crippen LogP contribution in [0.15, 0.2) is 36.5 Å².